The molecule has 258 valence electrons. The number of hydrogen-bond donors (Lipinski definition) is 9. The Balaban J connectivity index is 5.97. The van der Waals surface area contributed by atoms with Crippen LogP contribution in [-0.2, 0) is 28.8 Å². The number of nitrogens with one attached hydrogen (secondary N) is 4. The van der Waals surface area contributed by atoms with E-state index >= 15 is 0 Å². The third-order valence-electron chi connectivity index (χ3n) is 6.89. The molecule has 0 aliphatic rings. The normalized spacial score (nSPS) is 14.3. The summed E-state index contributed by atoms with van der Waals surface area (Å²) in [5.74, 6) is -3.17. The van der Waals surface area contributed by atoms with E-state index in [1.807, 2.05) is 20.8 Å². The van der Waals surface area contributed by atoms with Gasteiger partial charge < -0.3 is 54.7 Å². The number of rotatable bonds is 25. The molecule has 45 heavy (non-hydrogen) atoms. The van der Waals surface area contributed by atoms with Gasteiger partial charge in [0.1, 0.15) is 24.4 Å². The highest BCUT2D eigenvalue weighted by Crippen LogP contribution is 2.09. The van der Waals surface area contributed by atoms with Gasteiger partial charge in [-0.2, -0.15) is 0 Å². The molecule has 14 N–H and O–H groups in total. The Kier molecular flexibility index (Phi) is 21.6. The Labute approximate surface area is 266 Å². The Morgan fingerprint density at radius 3 is 1.76 bits per heavy atom. The fourth-order valence-electron chi connectivity index (χ4n) is 4.41. The number of amides is 5. The summed E-state index contributed by atoms with van der Waals surface area (Å²) in [5, 5.41) is 10.6. The van der Waals surface area contributed by atoms with Gasteiger partial charge in [0, 0.05) is 13.0 Å². The number of aldehydes is 1. The third kappa shape index (κ3) is 19.3. The van der Waals surface area contributed by atoms with E-state index in [0.717, 1.165) is 6.42 Å². The summed E-state index contributed by atoms with van der Waals surface area (Å²) in [5.41, 5.74) is 27.7. The monoisotopic (exact) mass is 640 g/mol. The fraction of sp³-hybridized carbons (Fsp3) is 0.759. The van der Waals surface area contributed by atoms with Gasteiger partial charge >= 0.3 is 0 Å². The molecule has 0 aliphatic carbocycles. The molecule has 5 amide bonds. The number of aliphatic imine (C=N–C) groups is 1. The van der Waals surface area contributed by atoms with Gasteiger partial charge in [-0.25, -0.2) is 0 Å². The molecule has 5 atom stereocenters. The van der Waals surface area contributed by atoms with Crippen molar-refractivity contribution in [3.05, 3.63) is 0 Å². The van der Waals surface area contributed by atoms with Gasteiger partial charge in [-0.1, -0.05) is 33.6 Å². The molecule has 0 saturated heterocycles. The van der Waals surface area contributed by atoms with Crippen molar-refractivity contribution in [2.45, 2.75) is 122 Å². The standard InChI is InChI=1S/C29H56N10O6/c1-4-5-9-19(17-40)36-26(43)23(12-13-24(32)41)39-27(44)21(10-6-7-14-30)38-28(45)22(11-8-15-35-29(33)34)37-25(42)20(31)16-18(2)3/h17-23H,4-16,30-31H2,1-3H3,(H2,32,41)(H,36,43)(H,37,42)(H,38,45)(H,39,44)(H4,33,34,35)/t19-,20-,21-,22-,23-/m0/s1. The minimum Gasteiger partial charge on any atom is -0.370 e. The second-order valence-electron chi connectivity index (χ2n) is 11.6. The average molecular weight is 641 g/mol. The van der Waals surface area contributed by atoms with Crippen molar-refractivity contribution in [1.82, 2.24) is 21.3 Å². The highest BCUT2D eigenvalue weighted by atomic mass is 16.2. The van der Waals surface area contributed by atoms with Gasteiger partial charge in [-0.15, -0.1) is 0 Å². The summed E-state index contributed by atoms with van der Waals surface area (Å²) >= 11 is 0. The molecule has 0 saturated carbocycles. The van der Waals surface area contributed by atoms with Crippen molar-refractivity contribution < 1.29 is 28.8 Å². The minimum atomic E-state index is -1.20. The second kappa shape index (κ2) is 23.6. The molecule has 0 heterocycles. The smallest absolute Gasteiger partial charge is 0.243 e. The summed E-state index contributed by atoms with van der Waals surface area (Å²) in [4.78, 5) is 79.7. The zero-order valence-electron chi connectivity index (χ0n) is 27.0. The van der Waals surface area contributed by atoms with Crippen LogP contribution in [0.4, 0.5) is 0 Å². The molecule has 0 fully saturated rings. The Hall–Kier alpha value is -3.79. The lowest BCUT2D eigenvalue weighted by molar-refractivity contribution is -0.134. The molecule has 0 aromatic rings. The number of carbonyl (C=O) groups excluding carboxylic acids is 6. The number of nitrogens with zero attached hydrogens (tertiary/aromatic N) is 1. The van der Waals surface area contributed by atoms with Gasteiger partial charge in [-0.3, -0.25) is 29.0 Å². The average Bonchev–Trinajstić information content (AvgIpc) is 2.97. The van der Waals surface area contributed by atoms with Crippen molar-refractivity contribution in [2.24, 2.45) is 39.6 Å². The van der Waals surface area contributed by atoms with Gasteiger partial charge in [0.05, 0.1) is 12.1 Å². The number of primary amides is 1. The summed E-state index contributed by atoms with van der Waals surface area (Å²) in [7, 11) is 0. The van der Waals surface area contributed by atoms with Gasteiger partial charge in [0.25, 0.3) is 0 Å². The van der Waals surface area contributed by atoms with Crippen molar-refractivity contribution in [2.75, 3.05) is 13.1 Å². The van der Waals surface area contributed by atoms with Crippen LogP contribution < -0.4 is 49.9 Å². The van der Waals surface area contributed by atoms with Crippen LogP contribution in [-0.4, -0.2) is 85.1 Å². The highest BCUT2D eigenvalue weighted by Gasteiger charge is 2.31. The minimum absolute atomic E-state index is 0.115. The zero-order chi connectivity index (χ0) is 34.4. The maximum absolute atomic E-state index is 13.5. The first-order valence-electron chi connectivity index (χ1n) is 15.7. The third-order valence-corrected chi connectivity index (χ3v) is 6.89. The van der Waals surface area contributed by atoms with Crippen LogP contribution in [0.2, 0.25) is 0 Å². The summed E-state index contributed by atoms with van der Waals surface area (Å²) in [6, 6.07) is -4.99. The van der Waals surface area contributed by atoms with Crippen LogP contribution >= 0.6 is 0 Å². The first kappa shape index (κ1) is 41.2. The molecular weight excluding hydrogens is 584 g/mol. The lowest BCUT2D eigenvalue weighted by Crippen LogP contribution is -2.58. The van der Waals surface area contributed by atoms with Crippen molar-refractivity contribution in [1.29, 1.82) is 0 Å². The number of carbonyl (C=O) groups is 6. The van der Waals surface area contributed by atoms with Crippen molar-refractivity contribution in [3.8, 4) is 0 Å². The lowest BCUT2D eigenvalue weighted by atomic mass is 10.0. The summed E-state index contributed by atoms with van der Waals surface area (Å²) in [6.45, 7) is 6.33. The SMILES string of the molecule is CCCC[C@@H](C=O)NC(=O)[C@H](CCC(N)=O)NC(=O)[C@H](CCCCN)NC(=O)[C@H](CCCN=C(N)N)NC(=O)[C@@H](N)CC(C)C. The van der Waals surface area contributed by atoms with Crippen molar-refractivity contribution >= 4 is 41.8 Å². The highest BCUT2D eigenvalue weighted by molar-refractivity contribution is 5.95. The molecule has 0 unspecified atom stereocenters. The van der Waals surface area contributed by atoms with Crippen LogP contribution in [0.5, 0.6) is 0 Å². The van der Waals surface area contributed by atoms with Gasteiger partial charge in [0.15, 0.2) is 5.96 Å². The molecule has 16 heteroatoms. The maximum Gasteiger partial charge on any atom is 0.243 e. The number of hydrogen-bond acceptors (Lipinski definition) is 9. The van der Waals surface area contributed by atoms with Gasteiger partial charge in [-0.05, 0) is 63.8 Å². The van der Waals surface area contributed by atoms with E-state index < -0.39 is 59.7 Å². The van der Waals surface area contributed by atoms with E-state index in [4.69, 9.17) is 28.7 Å². The van der Waals surface area contributed by atoms with Crippen LogP contribution in [0, 0.1) is 5.92 Å². The predicted molar refractivity (Wildman–Crippen MR) is 172 cm³/mol. The van der Waals surface area contributed by atoms with Crippen LogP contribution in [0.25, 0.3) is 0 Å². The van der Waals surface area contributed by atoms with E-state index in [2.05, 4.69) is 26.3 Å². The molecule has 0 rings (SSSR count). The molecule has 0 aliphatic heterocycles. The molecule has 0 bridgehead atoms. The Morgan fingerprint density at radius 1 is 0.733 bits per heavy atom. The number of nitrogens with two attached hydrogens (primary N) is 5. The Bertz CT molecular complexity index is 973. The first-order valence-corrected chi connectivity index (χ1v) is 15.7. The topological polar surface area (TPSA) is 293 Å². The molecule has 0 aromatic heterocycles. The fourth-order valence-corrected chi connectivity index (χ4v) is 4.41. The molecule has 0 spiro atoms. The molecular formula is C29H56N10O6. The molecule has 16 nitrogen and oxygen atoms in total. The number of unbranched alkanes of at least 4 members (excludes halogenated alkanes) is 2. The van der Waals surface area contributed by atoms with E-state index in [9.17, 15) is 28.8 Å². The second-order valence-corrected chi connectivity index (χ2v) is 11.6. The van der Waals surface area contributed by atoms with Gasteiger partial charge in [0.2, 0.25) is 29.5 Å². The summed E-state index contributed by atoms with van der Waals surface area (Å²) in [6.07, 6.45) is 4.31. The zero-order valence-corrected chi connectivity index (χ0v) is 27.0. The first-order chi connectivity index (χ1) is 21.2. The van der Waals surface area contributed by atoms with E-state index in [1.165, 1.54) is 0 Å². The van der Waals surface area contributed by atoms with E-state index in [0.29, 0.717) is 51.4 Å². The summed E-state index contributed by atoms with van der Waals surface area (Å²) < 4.78 is 0. The predicted octanol–water partition coefficient (Wildman–Crippen LogP) is -1.86. The largest absolute Gasteiger partial charge is 0.370 e. The lowest BCUT2D eigenvalue weighted by Gasteiger charge is -2.26. The van der Waals surface area contributed by atoms with Crippen molar-refractivity contribution in [3.63, 3.8) is 0 Å². The van der Waals surface area contributed by atoms with E-state index in [1.54, 1.807) is 0 Å². The molecule has 0 radical (unpaired) electrons. The quantitative estimate of drug-likeness (QED) is 0.0232. The van der Waals surface area contributed by atoms with E-state index in [-0.39, 0.29) is 44.1 Å². The molecule has 0 aromatic carbocycles. The maximum atomic E-state index is 13.5. The Morgan fingerprint density at radius 2 is 1.27 bits per heavy atom. The number of guanidine groups is 1. The van der Waals surface area contributed by atoms with Crippen LogP contribution in [0.3, 0.4) is 0 Å². The van der Waals surface area contributed by atoms with Crippen LogP contribution in [0.15, 0.2) is 4.99 Å². The van der Waals surface area contributed by atoms with Crippen LogP contribution in [0.1, 0.15) is 91.4 Å².